The van der Waals surface area contributed by atoms with Crippen LogP contribution < -0.4 is 4.74 Å². The number of carbonyl (C=O) groups is 2. The molecule has 0 spiro atoms. The first-order chi connectivity index (χ1) is 19.2. The number of hydrogen-bond donors (Lipinski definition) is 0. The molecule has 0 aliphatic rings. The van der Waals surface area contributed by atoms with Gasteiger partial charge in [-0.05, 0) is 90.4 Å². The van der Waals surface area contributed by atoms with E-state index >= 15 is 0 Å². The van der Waals surface area contributed by atoms with Gasteiger partial charge < -0.3 is 14.2 Å². The quantitative estimate of drug-likeness (QED) is 0.142. The molecule has 0 amide bonds. The molecule has 0 aliphatic heterocycles. The zero-order chi connectivity index (χ0) is 29.9. The average Bonchev–Trinajstić information content (AvgIpc) is 3.34. The summed E-state index contributed by atoms with van der Waals surface area (Å²) in [4.78, 5) is 27.6. The molecule has 216 valence electrons. The van der Waals surface area contributed by atoms with Crippen molar-refractivity contribution in [2.75, 3.05) is 11.9 Å². The largest absolute Gasteiger partial charge is 0.489 e. The van der Waals surface area contributed by atoms with Crippen LogP contribution in [0.5, 0.6) is 5.75 Å². The fourth-order valence-corrected chi connectivity index (χ4v) is 5.50. The normalized spacial score (nSPS) is 12.5. The Balaban J connectivity index is 2.01. The smallest absolute Gasteiger partial charge is 0.419 e. The van der Waals surface area contributed by atoms with Gasteiger partial charge in [0.1, 0.15) is 22.2 Å². The number of aromatic nitrogens is 2. The molecule has 41 heavy (non-hydrogen) atoms. The topological polar surface area (TPSA) is 71.7 Å². The highest BCUT2D eigenvalue weighted by atomic mass is 79.9. The molecule has 0 unspecified atom stereocenters. The molecule has 5 rings (SSSR count). The molecule has 0 fully saturated rings. The van der Waals surface area contributed by atoms with E-state index < -0.39 is 23.4 Å². The summed E-state index contributed by atoms with van der Waals surface area (Å²) in [5, 5.41) is 4.66. The van der Waals surface area contributed by atoms with Crippen molar-refractivity contribution in [3.05, 3.63) is 52.5 Å². The molecule has 10 heteroatoms. The predicted octanol–water partition coefficient (Wildman–Crippen LogP) is 9.94. The third-order valence-corrected chi connectivity index (χ3v) is 7.36. The maximum Gasteiger partial charge on any atom is 0.419 e. The number of nitrogens with zero attached hydrogens (tertiary/aromatic N) is 2. The molecule has 0 N–H and O–H groups in total. The Hall–Kier alpha value is -2.94. The Bertz CT molecular complexity index is 1720. The van der Waals surface area contributed by atoms with Gasteiger partial charge in [-0.3, -0.25) is 0 Å². The molecule has 0 bridgehead atoms. The molecular weight excluding hydrogens is 631 g/mol. The van der Waals surface area contributed by atoms with Gasteiger partial charge in [-0.1, -0.05) is 39.1 Å². The van der Waals surface area contributed by atoms with Gasteiger partial charge in [0.25, 0.3) is 0 Å². The van der Waals surface area contributed by atoms with Crippen LogP contribution in [0.25, 0.3) is 43.6 Å². The molecule has 0 aliphatic carbocycles. The zero-order valence-corrected chi connectivity index (χ0v) is 26.8. The van der Waals surface area contributed by atoms with Gasteiger partial charge >= 0.3 is 12.2 Å². The maximum atomic E-state index is 13.8. The van der Waals surface area contributed by atoms with E-state index in [4.69, 9.17) is 37.4 Å². The monoisotopic (exact) mass is 660 g/mol. The summed E-state index contributed by atoms with van der Waals surface area (Å²) in [7, 11) is 0. The number of alkyl halides is 1. The van der Waals surface area contributed by atoms with E-state index in [1.807, 2.05) is 59.7 Å². The molecule has 3 aromatic carbocycles. The number of rotatable bonds is 4. The van der Waals surface area contributed by atoms with Crippen molar-refractivity contribution in [3.63, 3.8) is 0 Å². The molecule has 7 nitrogen and oxygen atoms in total. The van der Waals surface area contributed by atoms with Gasteiger partial charge in [-0.25, -0.2) is 18.7 Å². The van der Waals surface area contributed by atoms with E-state index in [1.54, 1.807) is 24.3 Å². The minimum Gasteiger partial charge on any atom is -0.489 e. The van der Waals surface area contributed by atoms with E-state index in [9.17, 15) is 9.59 Å². The van der Waals surface area contributed by atoms with Crippen LogP contribution in [0.1, 0.15) is 48.0 Å². The molecule has 0 saturated carbocycles. The van der Waals surface area contributed by atoms with Crippen molar-refractivity contribution in [1.82, 2.24) is 9.13 Å². The summed E-state index contributed by atoms with van der Waals surface area (Å²) in [6, 6.07) is 12.6. The van der Waals surface area contributed by atoms with Gasteiger partial charge in [0.2, 0.25) is 0 Å². The van der Waals surface area contributed by atoms with Gasteiger partial charge in [-0.2, -0.15) is 0 Å². The maximum absolute atomic E-state index is 13.8. The standard InChI is InChI=1S/C31H31BrCl2N2O5/c1-30(2,3)40-28(37)35-23-10-8-17(33)14-19(23)21-16-22-20-15-18(34)9-11-24(20)36(29(38)41-31(4,5)6)26(22)27(25(21)35)39-13-7-12-32/h8-11,14-16H,7,12-13H2,1-6H3. The molecule has 0 saturated heterocycles. The van der Waals surface area contributed by atoms with Crippen molar-refractivity contribution in [2.45, 2.75) is 59.2 Å². The lowest BCUT2D eigenvalue weighted by Crippen LogP contribution is -2.27. The Kier molecular flexibility index (Phi) is 7.72. The van der Waals surface area contributed by atoms with E-state index in [0.717, 1.165) is 21.5 Å². The van der Waals surface area contributed by atoms with Crippen molar-refractivity contribution >= 4 is 94.9 Å². The van der Waals surface area contributed by atoms with Gasteiger partial charge in [0.15, 0.2) is 5.75 Å². The zero-order valence-electron chi connectivity index (χ0n) is 23.7. The van der Waals surface area contributed by atoms with Crippen LogP contribution in [0.15, 0.2) is 42.5 Å². The molecule has 2 aromatic heterocycles. The van der Waals surface area contributed by atoms with Gasteiger partial charge in [0.05, 0.1) is 17.6 Å². The number of carbonyl (C=O) groups excluding carboxylic acids is 2. The summed E-state index contributed by atoms with van der Waals surface area (Å²) >= 11 is 16.4. The Morgan fingerprint density at radius 3 is 1.56 bits per heavy atom. The van der Waals surface area contributed by atoms with Crippen molar-refractivity contribution in [1.29, 1.82) is 0 Å². The molecular formula is C31H31BrCl2N2O5. The minimum atomic E-state index is -0.754. The summed E-state index contributed by atoms with van der Waals surface area (Å²) in [6.45, 7) is 11.2. The number of halogens is 3. The van der Waals surface area contributed by atoms with Crippen LogP contribution in [0.3, 0.4) is 0 Å². The Morgan fingerprint density at radius 2 is 1.17 bits per heavy atom. The highest BCUT2D eigenvalue weighted by molar-refractivity contribution is 9.09. The summed E-state index contributed by atoms with van der Waals surface area (Å²) in [5.74, 6) is 0.356. The second kappa shape index (κ2) is 10.7. The lowest BCUT2D eigenvalue weighted by molar-refractivity contribution is 0.0541. The summed E-state index contributed by atoms with van der Waals surface area (Å²) in [6.07, 6.45) is -0.463. The van der Waals surface area contributed by atoms with Crippen molar-refractivity contribution in [2.24, 2.45) is 0 Å². The SMILES string of the molecule is CC(C)(C)OC(=O)n1c2ccc(Cl)cc2c2cc3c4cc(Cl)ccc4n(C(=O)OC(C)(C)C)c3c(OCCCBr)c21. The molecule has 5 aromatic rings. The number of ether oxygens (including phenoxy) is 3. The highest BCUT2D eigenvalue weighted by Gasteiger charge is 2.31. The van der Waals surface area contributed by atoms with E-state index in [-0.39, 0.29) is 0 Å². The lowest BCUT2D eigenvalue weighted by Gasteiger charge is -2.22. The first-order valence-electron chi connectivity index (χ1n) is 13.3. The first kappa shape index (κ1) is 29.5. The van der Waals surface area contributed by atoms with E-state index in [0.29, 0.717) is 56.2 Å². The molecule has 2 heterocycles. The van der Waals surface area contributed by atoms with Crippen LogP contribution in [-0.2, 0) is 9.47 Å². The third-order valence-electron chi connectivity index (χ3n) is 6.33. The lowest BCUT2D eigenvalue weighted by atomic mass is 10.1. The van der Waals surface area contributed by atoms with Crippen LogP contribution in [0.4, 0.5) is 9.59 Å². The fraction of sp³-hybridized carbons (Fsp3) is 0.355. The summed E-state index contributed by atoms with van der Waals surface area (Å²) in [5.41, 5.74) is 0.630. The summed E-state index contributed by atoms with van der Waals surface area (Å²) < 4.78 is 21.2. The predicted molar refractivity (Wildman–Crippen MR) is 170 cm³/mol. The Morgan fingerprint density at radius 1 is 0.732 bits per heavy atom. The van der Waals surface area contributed by atoms with Gasteiger partial charge in [-0.15, -0.1) is 0 Å². The first-order valence-corrected chi connectivity index (χ1v) is 15.1. The van der Waals surface area contributed by atoms with Crippen molar-refractivity contribution in [3.8, 4) is 5.75 Å². The average molecular weight is 662 g/mol. The second-order valence-electron chi connectivity index (χ2n) is 11.8. The van der Waals surface area contributed by atoms with Crippen molar-refractivity contribution < 1.29 is 23.8 Å². The molecule has 0 radical (unpaired) electrons. The third kappa shape index (κ3) is 5.62. The second-order valence-corrected chi connectivity index (χ2v) is 13.5. The number of hydrogen-bond acceptors (Lipinski definition) is 5. The van der Waals surface area contributed by atoms with Crippen LogP contribution in [0, 0.1) is 0 Å². The highest BCUT2D eigenvalue weighted by Crippen LogP contribution is 2.45. The number of fused-ring (bicyclic) bond motifs is 6. The fourth-order valence-electron chi connectivity index (χ4n) is 4.93. The van der Waals surface area contributed by atoms with Crippen LogP contribution >= 0.6 is 39.1 Å². The minimum absolute atomic E-state index is 0.326. The Labute approximate surface area is 256 Å². The van der Waals surface area contributed by atoms with E-state index in [1.165, 1.54) is 9.13 Å². The van der Waals surface area contributed by atoms with Crippen LogP contribution in [0.2, 0.25) is 10.0 Å². The molecule has 0 atom stereocenters. The number of benzene rings is 3. The van der Waals surface area contributed by atoms with Crippen LogP contribution in [-0.4, -0.2) is 44.5 Å². The van der Waals surface area contributed by atoms with E-state index in [2.05, 4.69) is 15.9 Å². The van der Waals surface area contributed by atoms with Gasteiger partial charge in [0, 0.05) is 36.9 Å².